The molecule has 10 heavy (non-hydrogen) atoms. The molecule has 0 aromatic rings. The van der Waals surface area contributed by atoms with E-state index in [-0.39, 0.29) is 0 Å². The van der Waals surface area contributed by atoms with Gasteiger partial charge < -0.3 is 0 Å². The summed E-state index contributed by atoms with van der Waals surface area (Å²) >= 11 is 5.67. The molecule has 1 saturated heterocycles. The third-order valence-corrected chi connectivity index (χ3v) is 2.60. The summed E-state index contributed by atoms with van der Waals surface area (Å²) < 4.78 is 0. The topological polar surface area (TPSA) is 3.24 Å². The number of hydrogen-bond acceptors (Lipinski definition) is 1. The number of nitrogens with zero attached hydrogens (tertiary/aromatic N) is 1. The maximum Gasteiger partial charge on any atom is 0.0351 e. The second-order valence-corrected chi connectivity index (χ2v) is 3.97. The van der Waals surface area contributed by atoms with E-state index in [1.807, 2.05) is 0 Å². The summed E-state index contributed by atoms with van der Waals surface area (Å²) in [5, 5.41) is 0. The maximum absolute atomic E-state index is 5.67. The van der Waals surface area contributed by atoms with E-state index < -0.39 is 0 Å². The van der Waals surface area contributed by atoms with Crippen molar-refractivity contribution < 1.29 is 0 Å². The van der Waals surface area contributed by atoms with Crippen molar-refractivity contribution in [3.8, 4) is 0 Å². The lowest BCUT2D eigenvalue weighted by atomic mass is 10.0. The van der Waals surface area contributed by atoms with E-state index in [4.69, 9.17) is 11.6 Å². The molecule has 0 radical (unpaired) electrons. The normalized spacial score (nSPS) is 25.5. The zero-order chi connectivity index (χ0) is 7.61. The molecule has 0 atom stereocenters. The van der Waals surface area contributed by atoms with Crippen molar-refractivity contribution in [3.63, 3.8) is 0 Å². The number of hydrogen-bond donors (Lipinski definition) is 0. The van der Waals surface area contributed by atoms with Crippen molar-refractivity contribution in [1.82, 2.24) is 4.90 Å². The number of likely N-dealkylation sites (tertiary alicyclic amines) is 1. The Morgan fingerprint density at radius 1 is 1.50 bits per heavy atom. The molecule has 1 heterocycles. The first-order chi connectivity index (χ1) is 4.67. The molecule has 0 unspecified atom stereocenters. The van der Waals surface area contributed by atoms with Crippen LogP contribution in [0.15, 0.2) is 0 Å². The quantitative estimate of drug-likeness (QED) is 0.561. The number of rotatable bonds is 2. The average Bonchev–Trinajstić information content (AvgIpc) is 2.13. The Morgan fingerprint density at radius 3 is 2.60 bits per heavy atom. The average molecular weight is 162 g/mol. The predicted molar refractivity (Wildman–Crippen MR) is 45.6 cm³/mol. The molecule has 1 aliphatic rings. The van der Waals surface area contributed by atoms with E-state index in [9.17, 15) is 0 Å². The van der Waals surface area contributed by atoms with Gasteiger partial charge in [-0.15, -0.1) is 11.6 Å². The number of halogens is 1. The summed E-state index contributed by atoms with van der Waals surface area (Å²) in [6, 6.07) is 0. The summed E-state index contributed by atoms with van der Waals surface area (Å²) in [4.78, 5) is 2.47. The third kappa shape index (κ3) is 1.64. The molecule has 1 fully saturated rings. The minimum absolute atomic E-state index is 0.412. The molecule has 0 spiro atoms. The van der Waals surface area contributed by atoms with Gasteiger partial charge in [0.2, 0.25) is 0 Å². The molecule has 0 saturated carbocycles. The van der Waals surface area contributed by atoms with E-state index in [1.165, 1.54) is 19.4 Å². The van der Waals surface area contributed by atoms with Crippen LogP contribution in [0.3, 0.4) is 0 Å². The molecule has 1 nitrogen and oxygen atoms in total. The maximum atomic E-state index is 5.67. The van der Waals surface area contributed by atoms with Gasteiger partial charge in [-0.2, -0.15) is 0 Å². The third-order valence-electron chi connectivity index (χ3n) is 2.43. The fraction of sp³-hybridized carbons (Fsp3) is 1.00. The van der Waals surface area contributed by atoms with Gasteiger partial charge in [0, 0.05) is 18.0 Å². The lowest BCUT2D eigenvalue weighted by Crippen LogP contribution is -2.39. The van der Waals surface area contributed by atoms with Gasteiger partial charge in [-0.05, 0) is 33.2 Å². The van der Waals surface area contributed by atoms with Crippen LogP contribution in [0.2, 0.25) is 0 Å². The summed E-state index contributed by atoms with van der Waals surface area (Å²) in [6.45, 7) is 6.88. The van der Waals surface area contributed by atoms with E-state index in [2.05, 4.69) is 18.7 Å². The smallest absolute Gasteiger partial charge is 0.0351 e. The van der Waals surface area contributed by atoms with E-state index in [1.54, 1.807) is 0 Å². The Kier molecular flexibility index (Phi) is 2.59. The highest BCUT2D eigenvalue weighted by molar-refractivity contribution is 6.18. The molecule has 60 valence electrons. The Balaban J connectivity index is 2.43. The van der Waals surface area contributed by atoms with Gasteiger partial charge in [0.05, 0.1) is 0 Å². The summed E-state index contributed by atoms with van der Waals surface area (Å²) in [6.07, 6.45) is 2.66. The van der Waals surface area contributed by atoms with Crippen LogP contribution in [-0.4, -0.2) is 29.4 Å². The monoisotopic (exact) mass is 161 g/mol. The molecule has 1 aliphatic heterocycles. The van der Waals surface area contributed by atoms with Crippen molar-refractivity contribution in [2.75, 3.05) is 19.0 Å². The lowest BCUT2D eigenvalue weighted by molar-refractivity contribution is 0.186. The highest BCUT2D eigenvalue weighted by Crippen LogP contribution is 2.27. The molecular formula is C8H16ClN. The fourth-order valence-electron chi connectivity index (χ4n) is 1.68. The molecule has 0 amide bonds. The summed E-state index contributed by atoms with van der Waals surface area (Å²) in [5.41, 5.74) is 0.412. The first-order valence-corrected chi connectivity index (χ1v) is 4.51. The first-order valence-electron chi connectivity index (χ1n) is 3.98. The van der Waals surface area contributed by atoms with Gasteiger partial charge in [-0.3, -0.25) is 4.90 Å². The molecule has 0 aromatic heterocycles. The largest absolute Gasteiger partial charge is 0.297 e. The Labute approximate surface area is 68.4 Å². The van der Waals surface area contributed by atoms with Crippen LogP contribution in [0.4, 0.5) is 0 Å². The lowest BCUT2D eigenvalue weighted by Gasteiger charge is -2.30. The van der Waals surface area contributed by atoms with Crippen molar-refractivity contribution in [2.24, 2.45) is 0 Å². The molecule has 0 N–H and O–H groups in total. The van der Waals surface area contributed by atoms with Crippen LogP contribution in [-0.2, 0) is 0 Å². The first kappa shape index (κ1) is 8.35. The molecular weight excluding hydrogens is 146 g/mol. The molecule has 0 aliphatic carbocycles. The van der Waals surface area contributed by atoms with Gasteiger partial charge in [-0.25, -0.2) is 0 Å². The molecule has 0 aromatic carbocycles. The van der Waals surface area contributed by atoms with E-state index in [0.717, 1.165) is 12.4 Å². The van der Waals surface area contributed by atoms with Gasteiger partial charge in [0.1, 0.15) is 0 Å². The van der Waals surface area contributed by atoms with Crippen LogP contribution in [0, 0.1) is 0 Å². The van der Waals surface area contributed by atoms with Crippen LogP contribution in [0.5, 0.6) is 0 Å². The molecule has 0 bridgehead atoms. The van der Waals surface area contributed by atoms with Crippen LogP contribution < -0.4 is 0 Å². The van der Waals surface area contributed by atoms with Crippen LogP contribution in [0.1, 0.15) is 26.7 Å². The second kappa shape index (κ2) is 3.10. The van der Waals surface area contributed by atoms with Gasteiger partial charge in [-0.1, -0.05) is 0 Å². The van der Waals surface area contributed by atoms with Crippen molar-refractivity contribution >= 4 is 11.6 Å². The van der Waals surface area contributed by atoms with Crippen molar-refractivity contribution in [2.45, 2.75) is 32.2 Å². The minimum Gasteiger partial charge on any atom is -0.297 e. The van der Waals surface area contributed by atoms with Crippen LogP contribution >= 0.6 is 11.6 Å². The predicted octanol–water partition coefficient (Wildman–Crippen LogP) is 2.10. The van der Waals surface area contributed by atoms with Gasteiger partial charge >= 0.3 is 0 Å². The van der Waals surface area contributed by atoms with Crippen molar-refractivity contribution in [1.29, 1.82) is 0 Å². The van der Waals surface area contributed by atoms with Gasteiger partial charge in [0.15, 0.2) is 0 Å². The minimum atomic E-state index is 0.412. The van der Waals surface area contributed by atoms with Crippen LogP contribution in [0.25, 0.3) is 0 Å². The summed E-state index contributed by atoms with van der Waals surface area (Å²) in [5.74, 6) is 0.767. The molecule has 1 rings (SSSR count). The zero-order valence-electron chi connectivity index (χ0n) is 6.86. The highest BCUT2D eigenvalue weighted by Gasteiger charge is 2.30. The van der Waals surface area contributed by atoms with Crippen molar-refractivity contribution in [3.05, 3.63) is 0 Å². The Hall–Kier alpha value is 0.250. The standard InChI is InChI=1S/C8H16ClN/c1-8(2)4-3-6-10(8)7-5-9/h3-7H2,1-2H3. The molecule has 2 heteroatoms. The highest BCUT2D eigenvalue weighted by atomic mass is 35.5. The Bertz CT molecular complexity index is 112. The number of alkyl halides is 1. The van der Waals surface area contributed by atoms with E-state index >= 15 is 0 Å². The van der Waals surface area contributed by atoms with Gasteiger partial charge in [0.25, 0.3) is 0 Å². The fourth-order valence-corrected chi connectivity index (χ4v) is 1.88. The second-order valence-electron chi connectivity index (χ2n) is 3.59. The summed E-state index contributed by atoms with van der Waals surface area (Å²) in [7, 11) is 0. The zero-order valence-corrected chi connectivity index (χ0v) is 7.62. The SMILES string of the molecule is CC1(C)CCCN1CCCl. The van der Waals surface area contributed by atoms with E-state index in [0.29, 0.717) is 5.54 Å². The Morgan fingerprint density at radius 2 is 2.20 bits per heavy atom.